The molecular weight excluding hydrogens is 414 g/mol. The number of hydrogen-bond donors (Lipinski definition) is 1. The summed E-state index contributed by atoms with van der Waals surface area (Å²) in [5.41, 5.74) is 1.30. The average Bonchev–Trinajstić information content (AvgIpc) is 3.17. The molecule has 2 aliphatic rings. The van der Waals surface area contributed by atoms with E-state index >= 15 is 0 Å². The van der Waals surface area contributed by atoms with E-state index in [1.54, 1.807) is 21.3 Å². The Labute approximate surface area is 183 Å². The molecule has 0 radical (unpaired) electrons. The molecule has 0 saturated carbocycles. The van der Waals surface area contributed by atoms with Crippen LogP contribution in [-0.4, -0.2) is 43.7 Å². The Morgan fingerprint density at radius 2 is 1.74 bits per heavy atom. The molecule has 31 heavy (non-hydrogen) atoms. The average molecular weight is 442 g/mol. The normalized spacial score (nSPS) is 22.5. The van der Waals surface area contributed by atoms with Crippen molar-refractivity contribution in [1.29, 1.82) is 0 Å². The van der Waals surface area contributed by atoms with Crippen molar-refractivity contribution in [2.75, 3.05) is 23.3 Å². The predicted molar refractivity (Wildman–Crippen MR) is 119 cm³/mol. The lowest BCUT2D eigenvalue weighted by molar-refractivity contribution is -0.122. The highest BCUT2D eigenvalue weighted by Gasteiger charge is 2.35. The lowest BCUT2D eigenvalue weighted by Gasteiger charge is -2.32. The van der Waals surface area contributed by atoms with Gasteiger partial charge in [0, 0.05) is 36.9 Å². The Kier molecular flexibility index (Phi) is 6.11. The molecule has 164 valence electrons. The minimum Gasteiger partial charge on any atom is -0.326 e. The van der Waals surface area contributed by atoms with E-state index in [-0.39, 0.29) is 29.2 Å². The van der Waals surface area contributed by atoms with E-state index in [2.05, 4.69) is 5.32 Å². The Morgan fingerprint density at radius 3 is 2.42 bits per heavy atom. The topological polar surface area (TPSA) is 86.8 Å². The zero-order chi connectivity index (χ0) is 22.0. The standard InChI is InChI=1S/C23H27N3O4S/c1-17-7-5-6-14-26(17)31(29,30)21-12-10-19(11-13-21)24-23(28)18-15-22(27)25(16-18)20-8-3-2-4-9-20/h2-4,8-13,17-18H,5-7,14-16H2,1H3,(H,24,28)/t17-,18+/m1/s1. The second-order valence-corrected chi connectivity index (χ2v) is 10.1. The van der Waals surface area contributed by atoms with Gasteiger partial charge in [-0.1, -0.05) is 24.6 Å². The minimum absolute atomic E-state index is 0.00871. The van der Waals surface area contributed by atoms with E-state index in [1.807, 2.05) is 37.3 Å². The van der Waals surface area contributed by atoms with E-state index in [0.717, 1.165) is 24.9 Å². The van der Waals surface area contributed by atoms with Crippen LogP contribution in [-0.2, 0) is 19.6 Å². The third-order valence-corrected chi connectivity index (χ3v) is 8.06. The lowest BCUT2D eigenvalue weighted by atomic mass is 10.1. The molecule has 7 nitrogen and oxygen atoms in total. The number of amides is 2. The highest BCUT2D eigenvalue weighted by molar-refractivity contribution is 7.89. The molecule has 2 aliphatic heterocycles. The van der Waals surface area contributed by atoms with Crippen LogP contribution >= 0.6 is 0 Å². The van der Waals surface area contributed by atoms with Gasteiger partial charge >= 0.3 is 0 Å². The third-order valence-electron chi connectivity index (χ3n) is 6.03. The number of nitrogens with zero attached hydrogens (tertiary/aromatic N) is 2. The van der Waals surface area contributed by atoms with E-state index in [0.29, 0.717) is 18.8 Å². The molecule has 2 saturated heterocycles. The van der Waals surface area contributed by atoms with Crippen molar-refractivity contribution < 1.29 is 18.0 Å². The summed E-state index contributed by atoms with van der Waals surface area (Å²) in [6.07, 6.45) is 2.94. The number of carbonyl (C=O) groups excluding carboxylic acids is 2. The highest BCUT2D eigenvalue weighted by Crippen LogP contribution is 2.28. The molecule has 0 aromatic heterocycles. The Morgan fingerprint density at radius 1 is 1.03 bits per heavy atom. The molecule has 2 fully saturated rings. The fraction of sp³-hybridized carbons (Fsp3) is 0.391. The van der Waals surface area contributed by atoms with E-state index in [9.17, 15) is 18.0 Å². The van der Waals surface area contributed by atoms with Gasteiger partial charge in [-0.3, -0.25) is 9.59 Å². The molecular formula is C23H27N3O4S. The van der Waals surface area contributed by atoms with Crippen LogP contribution < -0.4 is 10.2 Å². The summed E-state index contributed by atoms with van der Waals surface area (Å²) in [6.45, 7) is 2.80. The number of rotatable bonds is 5. The first-order valence-electron chi connectivity index (χ1n) is 10.6. The SMILES string of the molecule is C[C@@H]1CCCCN1S(=O)(=O)c1ccc(NC(=O)[C@H]2CC(=O)N(c3ccccc3)C2)cc1. The number of nitrogens with one attached hydrogen (secondary N) is 1. The Balaban J connectivity index is 1.41. The van der Waals surface area contributed by atoms with Crippen LogP contribution in [0.5, 0.6) is 0 Å². The van der Waals surface area contributed by atoms with Crippen LogP contribution in [0.4, 0.5) is 11.4 Å². The van der Waals surface area contributed by atoms with Gasteiger partial charge in [-0.2, -0.15) is 4.31 Å². The molecule has 2 atom stereocenters. The molecule has 2 amide bonds. The molecule has 0 spiro atoms. The van der Waals surface area contributed by atoms with Gasteiger partial charge in [0.05, 0.1) is 10.8 Å². The fourth-order valence-corrected chi connectivity index (χ4v) is 5.96. The van der Waals surface area contributed by atoms with Gasteiger partial charge in [0.2, 0.25) is 21.8 Å². The van der Waals surface area contributed by atoms with Gasteiger partial charge in [0.15, 0.2) is 0 Å². The summed E-state index contributed by atoms with van der Waals surface area (Å²) >= 11 is 0. The van der Waals surface area contributed by atoms with Crippen LogP contribution in [0.3, 0.4) is 0 Å². The molecule has 2 aromatic carbocycles. The summed E-state index contributed by atoms with van der Waals surface area (Å²) in [5.74, 6) is -0.777. The van der Waals surface area contributed by atoms with E-state index < -0.39 is 15.9 Å². The van der Waals surface area contributed by atoms with Crippen LogP contribution in [0, 0.1) is 5.92 Å². The van der Waals surface area contributed by atoms with E-state index in [1.165, 1.54) is 12.1 Å². The summed E-state index contributed by atoms with van der Waals surface area (Å²) in [7, 11) is -3.55. The van der Waals surface area contributed by atoms with Crippen LogP contribution in [0.15, 0.2) is 59.5 Å². The Hall–Kier alpha value is -2.71. The third kappa shape index (κ3) is 4.50. The molecule has 0 unspecified atom stereocenters. The second kappa shape index (κ2) is 8.80. The highest BCUT2D eigenvalue weighted by atomic mass is 32.2. The lowest BCUT2D eigenvalue weighted by Crippen LogP contribution is -2.41. The summed E-state index contributed by atoms with van der Waals surface area (Å²) in [4.78, 5) is 26.9. The van der Waals surface area contributed by atoms with Crippen molar-refractivity contribution >= 4 is 33.2 Å². The zero-order valence-electron chi connectivity index (χ0n) is 17.5. The maximum Gasteiger partial charge on any atom is 0.243 e. The first-order valence-corrected chi connectivity index (χ1v) is 12.1. The number of hydrogen-bond acceptors (Lipinski definition) is 4. The van der Waals surface area contributed by atoms with Crippen molar-refractivity contribution in [1.82, 2.24) is 4.31 Å². The predicted octanol–water partition coefficient (Wildman–Crippen LogP) is 3.24. The van der Waals surface area contributed by atoms with Crippen molar-refractivity contribution in [2.24, 2.45) is 5.92 Å². The quantitative estimate of drug-likeness (QED) is 0.772. The van der Waals surface area contributed by atoms with Crippen molar-refractivity contribution in [2.45, 2.75) is 43.5 Å². The molecule has 4 rings (SSSR count). The molecule has 8 heteroatoms. The first kappa shape index (κ1) is 21.5. The van der Waals surface area contributed by atoms with Gasteiger partial charge in [0.1, 0.15) is 0 Å². The largest absolute Gasteiger partial charge is 0.326 e. The minimum atomic E-state index is -3.55. The van der Waals surface area contributed by atoms with Gasteiger partial charge in [-0.15, -0.1) is 0 Å². The maximum absolute atomic E-state index is 12.9. The monoisotopic (exact) mass is 441 g/mol. The Bertz CT molecular complexity index is 1050. The van der Waals surface area contributed by atoms with Gasteiger partial charge in [-0.25, -0.2) is 8.42 Å². The van der Waals surface area contributed by atoms with Gasteiger partial charge in [0.25, 0.3) is 0 Å². The number of benzene rings is 2. The van der Waals surface area contributed by atoms with Crippen LogP contribution in [0.2, 0.25) is 0 Å². The summed E-state index contributed by atoms with van der Waals surface area (Å²) in [6, 6.07) is 15.5. The molecule has 1 N–H and O–H groups in total. The molecule has 0 aliphatic carbocycles. The van der Waals surface area contributed by atoms with Gasteiger partial charge < -0.3 is 10.2 Å². The molecule has 0 bridgehead atoms. The number of para-hydroxylation sites is 1. The zero-order valence-corrected chi connectivity index (χ0v) is 18.3. The first-order chi connectivity index (χ1) is 14.9. The smallest absolute Gasteiger partial charge is 0.243 e. The van der Waals surface area contributed by atoms with Crippen molar-refractivity contribution in [3.05, 3.63) is 54.6 Å². The molecule has 2 heterocycles. The van der Waals surface area contributed by atoms with Gasteiger partial charge in [-0.05, 0) is 56.2 Å². The molecule has 2 aromatic rings. The maximum atomic E-state index is 12.9. The number of sulfonamides is 1. The fourth-order valence-electron chi connectivity index (χ4n) is 4.26. The van der Waals surface area contributed by atoms with Crippen molar-refractivity contribution in [3.8, 4) is 0 Å². The number of anilines is 2. The van der Waals surface area contributed by atoms with Crippen LogP contribution in [0.25, 0.3) is 0 Å². The summed E-state index contributed by atoms with van der Waals surface area (Å²) < 4.78 is 27.4. The second-order valence-electron chi connectivity index (χ2n) is 8.22. The summed E-state index contributed by atoms with van der Waals surface area (Å²) in [5, 5.41) is 2.82. The van der Waals surface area contributed by atoms with Crippen molar-refractivity contribution in [3.63, 3.8) is 0 Å². The number of piperidine rings is 1. The van der Waals surface area contributed by atoms with E-state index in [4.69, 9.17) is 0 Å². The van der Waals surface area contributed by atoms with Crippen LogP contribution in [0.1, 0.15) is 32.6 Å². The number of carbonyl (C=O) groups is 2.